The van der Waals surface area contributed by atoms with Crippen LogP contribution in [-0.4, -0.2) is 67.9 Å². The molecule has 40 heavy (non-hydrogen) atoms. The van der Waals surface area contributed by atoms with Crippen molar-refractivity contribution >= 4 is 15.9 Å². The largest absolute Gasteiger partial charge is 0.494 e. The number of aliphatic hydroxyl groups is 1. The Kier molecular flexibility index (Phi) is 12.8. The molecular weight excluding hydrogens is 533 g/mol. The van der Waals surface area contributed by atoms with Gasteiger partial charge in [0.1, 0.15) is 11.6 Å². The number of nitrogens with one attached hydrogen (secondary N) is 2. The molecule has 1 aliphatic heterocycles. The third kappa shape index (κ3) is 10.1. The van der Waals surface area contributed by atoms with Crippen molar-refractivity contribution in [3.05, 3.63) is 65.0 Å². The van der Waals surface area contributed by atoms with Gasteiger partial charge in [-0.15, -0.1) is 0 Å². The zero-order chi connectivity index (χ0) is 29.0. The monoisotopic (exact) mass is 577 g/mol. The van der Waals surface area contributed by atoms with Gasteiger partial charge >= 0.3 is 0 Å². The van der Waals surface area contributed by atoms with E-state index in [1.54, 1.807) is 12.1 Å². The highest BCUT2D eigenvalue weighted by Gasteiger charge is 2.25. The SMILES string of the molecule is CCCN1CCCCOc2ccc(F)c(c2)CC(C(O)CNCc2cccc(CC)c2)NC(=O)CCCS1(=O)=O. The molecule has 2 aromatic carbocycles. The molecule has 0 aliphatic carbocycles. The zero-order valence-electron chi connectivity index (χ0n) is 23.7. The van der Waals surface area contributed by atoms with Crippen molar-refractivity contribution in [2.24, 2.45) is 0 Å². The molecule has 3 N–H and O–H groups in total. The molecule has 2 atom stereocenters. The van der Waals surface area contributed by atoms with Gasteiger partial charge in [-0.3, -0.25) is 4.79 Å². The van der Waals surface area contributed by atoms with E-state index in [0.717, 1.165) is 12.0 Å². The lowest BCUT2D eigenvalue weighted by Gasteiger charge is -2.25. The second kappa shape index (κ2) is 16.0. The lowest BCUT2D eigenvalue weighted by atomic mass is 9.99. The van der Waals surface area contributed by atoms with Crippen molar-refractivity contribution in [2.75, 3.05) is 32.0 Å². The molecule has 0 fully saturated rings. The molecule has 222 valence electrons. The number of carbonyl (C=O) groups excluding carboxylic acids is 1. The minimum atomic E-state index is -3.50. The van der Waals surface area contributed by atoms with Crippen LogP contribution in [0.4, 0.5) is 4.39 Å². The Morgan fingerprint density at radius 2 is 1.95 bits per heavy atom. The molecule has 3 rings (SSSR count). The van der Waals surface area contributed by atoms with Gasteiger partial charge in [-0.05, 0) is 73.4 Å². The molecule has 10 heteroatoms. The van der Waals surface area contributed by atoms with Crippen LogP contribution in [0.1, 0.15) is 62.6 Å². The summed E-state index contributed by atoms with van der Waals surface area (Å²) in [7, 11) is -3.50. The molecule has 1 aliphatic rings. The van der Waals surface area contributed by atoms with Gasteiger partial charge in [0.25, 0.3) is 0 Å². The van der Waals surface area contributed by atoms with Crippen molar-refractivity contribution in [1.29, 1.82) is 0 Å². The number of ether oxygens (including phenoxy) is 1. The van der Waals surface area contributed by atoms with Gasteiger partial charge in [0.15, 0.2) is 0 Å². The fraction of sp³-hybridized carbons (Fsp3) is 0.567. The summed E-state index contributed by atoms with van der Waals surface area (Å²) in [5.41, 5.74) is 2.63. The molecule has 0 saturated carbocycles. The lowest BCUT2D eigenvalue weighted by molar-refractivity contribution is -0.122. The first-order valence-corrected chi connectivity index (χ1v) is 16.0. The van der Waals surface area contributed by atoms with Gasteiger partial charge in [0, 0.05) is 32.6 Å². The Balaban J connectivity index is 1.74. The van der Waals surface area contributed by atoms with Crippen molar-refractivity contribution in [3.63, 3.8) is 0 Å². The molecule has 8 nitrogen and oxygen atoms in total. The summed E-state index contributed by atoms with van der Waals surface area (Å²) in [4.78, 5) is 12.9. The van der Waals surface area contributed by atoms with Gasteiger partial charge in [-0.2, -0.15) is 0 Å². The zero-order valence-corrected chi connectivity index (χ0v) is 24.5. The van der Waals surface area contributed by atoms with Gasteiger partial charge in [0.2, 0.25) is 15.9 Å². The molecular formula is C30H44FN3O5S. The van der Waals surface area contributed by atoms with Gasteiger partial charge in [0.05, 0.1) is 24.5 Å². The number of amides is 1. The summed E-state index contributed by atoms with van der Waals surface area (Å²) in [5, 5.41) is 17.1. The van der Waals surface area contributed by atoms with Crippen molar-refractivity contribution in [3.8, 4) is 5.75 Å². The Morgan fingerprint density at radius 1 is 1.15 bits per heavy atom. The van der Waals surface area contributed by atoms with Crippen LogP contribution in [-0.2, 0) is 34.2 Å². The average Bonchev–Trinajstić information content (AvgIpc) is 2.93. The van der Waals surface area contributed by atoms with Crippen molar-refractivity contribution < 1.29 is 27.4 Å². The van der Waals surface area contributed by atoms with Crippen LogP contribution < -0.4 is 15.4 Å². The molecule has 0 aromatic heterocycles. The fourth-order valence-electron chi connectivity index (χ4n) is 4.83. The third-order valence-corrected chi connectivity index (χ3v) is 9.05. The van der Waals surface area contributed by atoms with E-state index < -0.39 is 28.0 Å². The topological polar surface area (TPSA) is 108 Å². The summed E-state index contributed by atoms with van der Waals surface area (Å²) in [6.45, 7) is 5.94. The van der Waals surface area contributed by atoms with E-state index in [0.29, 0.717) is 56.8 Å². The van der Waals surface area contributed by atoms with Crippen molar-refractivity contribution in [1.82, 2.24) is 14.9 Å². The Labute approximate surface area is 238 Å². The normalized spacial score (nSPS) is 20.2. The third-order valence-electron chi connectivity index (χ3n) is 7.09. The first kappa shape index (κ1) is 32.0. The Hall–Kier alpha value is -2.53. The second-order valence-corrected chi connectivity index (χ2v) is 12.5. The van der Waals surface area contributed by atoms with Crippen LogP contribution in [0.5, 0.6) is 5.75 Å². The number of halogens is 1. The van der Waals surface area contributed by atoms with E-state index in [-0.39, 0.29) is 37.5 Å². The minimum Gasteiger partial charge on any atom is -0.494 e. The number of hydrogen-bond donors (Lipinski definition) is 3. The van der Waals surface area contributed by atoms with E-state index in [1.807, 2.05) is 19.1 Å². The maximum atomic E-state index is 14.8. The number of benzene rings is 2. The first-order valence-electron chi connectivity index (χ1n) is 14.4. The fourth-order valence-corrected chi connectivity index (χ4v) is 6.46. The molecule has 0 radical (unpaired) electrons. The molecule has 2 bridgehead atoms. The molecule has 2 unspecified atom stereocenters. The maximum absolute atomic E-state index is 14.8. The number of aliphatic hydroxyl groups excluding tert-OH is 1. The summed E-state index contributed by atoms with van der Waals surface area (Å²) >= 11 is 0. The van der Waals surface area contributed by atoms with E-state index >= 15 is 0 Å². The van der Waals surface area contributed by atoms with Crippen molar-refractivity contribution in [2.45, 2.75) is 77.5 Å². The standard InChI is InChI=1S/C30H44FN3O5S/c1-3-14-34-15-5-6-16-39-26-12-13-27(31)25(19-26)20-28(33-30(36)11-8-17-40(34,37)38)29(35)22-32-21-24-10-7-9-23(4-2)18-24/h7,9-10,12-13,18-19,28-29,32,35H,3-6,8,11,14-17,20-22H2,1-2H3,(H,33,36). The predicted molar refractivity (Wildman–Crippen MR) is 155 cm³/mol. The highest BCUT2D eigenvalue weighted by atomic mass is 32.2. The second-order valence-electron chi connectivity index (χ2n) is 10.4. The van der Waals surface area contributed by atoms with Crippen LogP contribution in [0.15, 0.2) is 42.5 Å². The highest BCUT2D eigenvalue weighted by molar-refractivity contribution is 7.89. The molecule has 2 aromatic rings. The highest BCUT2D eigenvalue weighted by Crippen LogP contribution is 2.20. The van der Waals surface area contributed by atoms with E-state index in [9.17, 15) is 22.7 Å². The number of sulfonamides is 1. The van der Waals surface area contributed by atoms with Gasteiger partial charge in [-0.25, -0.2) is 17.1 Å². The Morgan fingerprint density at radius 3 is 2.73 bits per heavy atom. The molecule has 0 spiro atoms. The maximum Gasteiger partial charge on any atom is 0.220 e. The van der Waals surface area contributed by atoms with Crippen LogP contribution in [0, 0.1) is 5.82 Å². The van der Waals surface area contributed by atoms with E-state index in [1.165, 1.54) is 15.9 Å². The predicted octanol–water partition coefficient (Wildman–Crippen LogP) is 3.56. The lowest BCUT2D eigenvalue weighted by Crippen LogP contribution is -2.48. The van der Waals surface area contributed by atoms with Crippen LogP contribution in [0.2, 0.25) is 0 Å². The summed E-state index contributed by atoms with van der Waals surface area (Å²) < 4.78 is 48.0. The molecule has 1 heterocycles. The van der Waals surface area contributed by atoms with Crippen LogP contribution in [0.3, 0.4) is 0 Å². The van der Waals surface area contributed by atoms with Gasteiger partial charge < -0.3 is 20.5 Å². The smallest absolute Gasteiger partial charge is 0.220 e. The average molecular weight is 578 g/mol. The number of aryl methyl sites for hydroxylation is 1. The summed E-state index contributed by atoms with van der Waals surface area (Å²) in [6, 6.07) is 11.9. The number of carbonyl (C=O) groups is 1. The number of fused-ring (bicyclic) bond motifs is 2. The molecule has 1 amide bonds. The number of hydrogen-bond acceptors (Lipinski definition) is 6. The Bertz CT molecular complexity index is 1190. The summed E-state index contributed by atoms with van der Waals surface area (Å²) in [5.74, 6) is -0.457. The van der Waals surface area contributed by atoms with Crippen LogP contribution in [0.25, 0.3) is 0 Å². The van der Waals surface area contributed by atoms with E-state index in [2.05, 4.69) is 29.7 Å². The van der Waals surface area contributed by atoms with E-state index in [4.69, 9.17) is 4.74 Å². The first-order chi connectivity index (χ1) is 19.2. The van der Waals surface area contributed by atoms with Crippen LogP contribution >= 0.6 is 0 Å². The number of rotatable bonds is 8. The quantitative estimate of drug-likeness (QED) is 0.443. The summed E-state index contributed by atoms with van der Waals surface area (Å²) in [6.07, 6.45) is 2.12. The number of nitrogens with zero attached hydrogens (tertiary/aromatic N) is 1. The molecule has 0 saturated heterocycles. The minimum absolute atomic E-state index is 0.00864. The van der Waals surface area contributed by atoms with Gasteiger partial charge in [-0.1, -0.05) is 38.1 Å².